The van der Waals surface area contributed by atoms with Crippen molar-refractivity contribution in [3.8, 4) is 23.3 Å². The maximum atomic E-state index is 12.3. The molecule has 0 saturated heterocycles. The van der Waals surface area contributed by atoms with Gasteiger partial charge in [-0.1, -0.05) is 61.9 Å². The van der Waals surface area contributed by atoms with Gasteiger partial charge in [0.2, 0.25) is 0 Å². The second-order valence-corrected chi connectivity index (χ2v) is 7.10. The van der Waals surface area contributed by atoms with E-state index in [9.17, 15) is 10.1 Å². The van der Waals surface area contributed by atoms with E-state index in [2.05, 4.69) is 13.0 Å². The lowest BCUT2D eigenvalue weighted by atomic mass is 10.0. The average Bonchev–Trinajstić information content (AvgIpc) is 2.83. The van der Waals surface area contributed by atoms with Crippen molar-refractivity contribution in [2.45, 2.75) is 19.8 Å². The van der Waals surface area contributed by atoms with E-state index in [1.807, 2.05) is 54.6 Å². The lowest BCUT2D eigenvalue weighted by Crippen LogP contribution is -2.18. The minimum absolute atomic E-state index is 0.218. The number of nitrogens with zero attached hydrogens (tertiary/aromatic N) is 1. The molecular weight excluding hydrogens is 402 g/mol. The Balaban J connectivity index is 1.66. The Hall–Kier alpha value is -4.04. The standard InChI is InChI=1S/C27H25NO4/c1-3-7-20-10-13-24(14-11-20)31-19-27(29)32-25-15-12-21(17-26(25)30-2)16-23(18-28)22-8-5-4-6-9-22/h4-6,8-17H,3,7,19H2,1-2H3/b23-16+. The summed E-state index contributed by atoms with van der Waals surface area (Å²) < 4.78 is 16.3. The number of aryl methyl sites for hydroxylation is 1. The zero-order valence-electron chi connectivity index (χ0n) is 18.2. The highest BCUT2D eigenvalue weighted by atomic mass is 16.6. The third-order valence-electron chi connectivity index (χ3n) is 4.75. The number of rotatable bonds is 9. The number of esters is 1. The van der Waals surface area contributed by atoms with Gasteiger partial charge in [0.05, 0.1) is 18.8 Å². The fourth-order valence-corrected chi connectivity index (χ4v) is 3.16. The van der Waals surface area contributed by atoms with Crippen molar-refractivity contribution in [1.29, 1.82) is 5.26 Å². The first-order chi connectivity index (χ1) is 15.6. The summed E-state index contributed by atoms with van der Waals surface area (Å²) in [5.41, 5.74) is 3.33. The molecule has 0 unspecified atom stereocenters. The second kappa shape index (κ2) is 11.4. The van der Waals surface area contributed by atoms with Gasteiger partial charge >= 0.3 is 5.97 Å². The minimum Gasteiger partial charge on any atom is -0.493 e. The summed E-state index contributed by atoms with van der Waals surface area (Å²) in [6.07, 6.45) is 3.84. The highest BCUT2D eigenvalue weighted by Gasteiger charge is 2.12. The molecule has 0 radical (unpaired) electrons. The number of methoxy groups -OCH3 is 1. The quantitative estimate of drug-likeness (QED) is 0.190. The maximum absolute atomic E-state index is 12.3. The number of ether oxygens (including phenoxy) is 3. The van der Waals surface area contributed by atoms with Gasteiger partial charge in [0.15, 0.2) is 18.1 Å². The lowest BCUT2D eigenvalue weighted by molar-refractivity contribution is -0.136. The summed E-state index contributed by atoms with van der Waals surface area (Å²) >= 11 is 0. The van der Waals surface area contributed by atoms with Gasteiger partial charge in [-0.3, -0.25) is 0 Å². The summed E-state index contributed by atoms with van der Waals surface area (Å²) in [7, 11) is 1.50. The number of carbonyl (C=O) groups excluding carboxylic acids is 1. The van der Waals surface area contributed by atoms with Crippen LogP contribution in [0.1, 0.15) is 30.0 Å². The summed E-state index contributed by atoms with van der Waals surface area (Å²) in [5, 5.41) is 9.50. The molecule has 0 aromatic heterocycles. The maximum Gasteiger partial charge on any atom is 0.349 e. The molecule has 3 aromatic carbocycles. The summed E-state index contributed by atoms with van der Waals surface area (Å²) in [5.74, 6) is 0.751. The Kier molecular flexibility index (Phi) is 8.05. The number of carbonyl (C=O) groups is 1. The highest BCUT2D eigenvalue weighted by Crippen LogP contribution is 2.30. The highest BCUT2D eigenvalue weighted by molar-refractivity contribution is 5.89. The largest absolute Gasteiger partial charge is 0.493 e. The van der Waals surface area contributed by atoms with E-state index in [0.29, 0.717) is 17.1 Å². The molecule has 0 spiro atoms. The van der Waals surface area contributed by atoms with E-state index in [1.165, 1.54) is 12.7 Å². The van der Waals surface area contributed by atoms with Gasteiger partial charge in [-0.15, -0.1) is 0 Å². The Morgan fingerprint density at radius 3 is 2.41 bits per heavy atom. The predicted molar refractivity (Wildman–Crippen MR) is 124 cm³/mol. The summed E-state index contributed by atoms with van der Waals surface area (Å²) in [4.78, 5) is 12.3. The van der Waals surface area contributed by atoms with E-state index in [0.717, 1.165) is 24.0 Å². The van der Waals surface area contributed by atoms with Crippen molar-refractivity contribution in [2.24, 2.45) is 0 Å². The first-order valence-corrected chi connectivity index (χ1v) is 10.4. The molecule has 3 rings (SSSR count). The van der Waals surface area contributed by atoms with Crippen LogP contribution in [-0.4, -0.2) is 19.7 Å². The Labute approximate surface area is 188 Å². The molecule has 5 heteroatoms. The van der Waals surface area contributed by atoms with Crippen LogP contribution >= 0.6 is 0 Å². The van der Waals surface area contributed by atoms with Gasteiger partial charge in [0.1, 0.15) is 5.75 Å². The molecule has 3 aromatic rings. The van der Waals surface area contributed by atoms with Crippen molar-refractivity contribution in [1.82, 2.24) is 0 Å². The summed E-state index contributed by atoms with van der Waals surface area (Å²) in [6, 6.07) is 24.4. The van der Waals surface area contributed by atoms with Crippen LogP contribution in [0, 0.1) is 11.3 Å². The minimum atomic E-state index is -0.536. The molecule has 0 aliphatic carbocycles. The van der Waals surface area contributed by atoms with E-state index in [1.54, 1.807) is 24.3 Å². The van der Waals surface area contributed by atoms with Crippen LogP contribution in [0.15, 0.2) is 72.8 Å². The number of benzene rings is 3. The first kappa shape index (κ1) is 22.6. The molecule has 0 fully saturated rings. The van der Waals surface area contributed by atoms with Crippen molar-refractivity contribution in [3.05, 3.63) is 89.5 Å². The first-order valence-electron chi connectivity index (χ1n) is 10.4. The van der Waals surface area contributed by atoms with Gasteiger partial charge in [0, 0.05) is 0 Å². The molecule has 0 amide bonds. The Morgan fingerprint density at radius 2 is 1.75 bits per heavy atom. The van der Waals surface area contributed by atoms with Crippen molar-refractivity contribution in [2.75, 3.05) is 13.7 Å². The third kappa shape index (κ3) is 6.23. The van der Waals surface area contributed by atoms with Crippen LogP contribution in [0.3, 0.4) is 0 Å². The van der Waals surface area contributed by atoms with Crippen LogP contribution < -0.4 is 14.2 Å². The van der Waals surface area contributed by atoms with E-state index >= 15 is 0 Å². The fourth-order valence-electron chi connectivity index (χ4n) is 3.16. The number of allylic oxidation sites excluding steroid dienone is 1. The van der Waals surface area contributed by atoms with Gasteiger partial charge in [-0.05, 0) is 53.5 Å². The summed E-state index contributed by atoms with van der Waals surface area (Å²) in [6.45, 7) is 1.91. The van der Waals surface area contributed by atoms with Gasteiger partial charge in [-0.2, -0.15) is 5.26 Å². The Morgan fingerprint density at radius 1 is 1.00 bits per heavy atom. The molecule has 0 aliphatic heterocycles. The van der Waals surface area contributed by atoms with Gasteiger partial charge in [-0.25, -0.2) is 4.79 Å². The third-order valence-corrected chi connectivity index (χ3v) is 4.75. The molecule has 0 atom stereocenters. The fraction of sp³-hybridized carbons (Fsp3) is 0.185. The van der Waals surface area contributed by atoms with Gasteiger partial charge < -0.3 is 14.2 Å². The van der Waals surface area contributed by atoms with Crippen LogP contribution in [0.5, 0.6) is 17.2 Å². The molecule has 0 aliphatic rings. The second-order valence-electron chi connectivity index (χ2n) is 7.10. The number of hydrogen-bond donors (Lipinski definition) is 0. The predicted octanol–water partition coefficient (Wildman–Crippen LogP) is 5.70. The molecule has 0 heterocycles. The zero-order valence-corrected chi connectivity index (χ0v) is 18.2. The van der Waals surface area contributed by atoms with E-state index in [-0.39, 0.29) is 12.4 Å². The molecule has 0 N–H and O–H groups in total. The van der Waals surface area contributed by atoms with Crippen LogP contribution in [0.2, 0.25) is 0 Å². The monoisotopic (exact) mass is 427 g/mol. The molecule has 0 saturated carbocycles. The van der Waals surface area contributed by atoms with Crippen LogP contribution in [-0.2, 0) is 11.2 Å². The topological polar surface area (TPSA) is 68.5 Å². The lowest BCUT2D eigenvalue weighted by Gasteiger charge is -2.11. The number of hydrogen-bond acceptors (Lipinski definition) is 5. The van der Waals surface area contributed by atoms with Crippen molar-refractivity contribution < 1.29 is 19.0 Å². The molecule has 5 nitrogen and oxygen atoms in total. The smallest absolute Gasteiger partial charge is 0.349 e. The molecular formula is C27H25NO4. The van der Waals surface area contributed by atoms with Crippen molar-refractivity contribution in [3.63, 3.8) is 0 Å². The number of nitriles is 1. The average molecular weight is 428 g/mol. The molecule has 32 heavy (non-hydrogen) atoms. The SMILES string of the molecule is CCCc1ccc(OCC(=O)Oc2ccc(/C=C(\C#N)c3ccccc3)cc2OC)cc1. The van der Waals surface area contributed by atoms with Crippen LogP contribution in [0.4, 0.5) is 0 Å². The normalized spacial score (nSPS) is 10.8. The van der Waals surface area contributed by atoms with Gasteiger partial charge in [0.25, 0.3) is 0 Å². The van der Waals surface area contributed by atoms with Crippen molar-refractivity contribution >= 4 is 17.6 Å². The van der Waals surface area contributed by atoms with E-state index < -0.39 is 5.97 Å². The zero-order chi connectivity index (χ0) is 22.8. The van der Waals surface area contributed by atoms with E-state index in [4.69, 9.17) is 14.2 Å². The molecule has 162 valence electrons. The van der Waals surface area contributed by atoms with Crippen LogP contribution in [0.25, 0.3) is 11.6 Å². The molecule has 0 bridgehead atoms. The Bertz CT molecular complexity index is 1110.